The summed E-state index contributed by atoms with van der Waals surface area (Å²) in [6, 6.07) is 0. The molecule has 106 valence electrons. The van der Waals surface area contributed by atoms with E-state index in [1.54, 1.807) is 0 Å². The minimum atomic E-state index is 0. The van der Waals surface area contributed by atoms with Gasteiger partial charge in [0.2, 0.25) is 0 Å². The first-order valence-electron chi connectivity index (χ1n) is 5.38. The van der Waals surface area contributed by atoms with Gasteiger partial charge >= 0.3 is 0 Å². The van der Waals surface area contributed by atoms with Crippen LogP contribution in [0.15, 0.2) is 0 Å². The molecule has 0 aliphatic heterocycles. The topological polar surface area (TPSA) is 6.48 Å². The zero-order valence-electron chi connectivity index (χ0n) is 11.1. The van der Waals surface area contributed by atoms with Gasteiger partial charge in [-0.2, -0.15) is 0 Å². The molecule has 0 aromatic rings. The molecule has 0 spiro atoms. The van der Waals surface area contributed by atoms with Crippen LogP contribution in [-0.2, 0) is 32.1 Å². The van der Waals surface area contributed by atoms with Crippen molar-refractivity contribution in [3.8, 4) is 0 Å². The summed E-state index contributed by atoms with van der Waals surface area (Å²) >= 11 is 18.3. The van der Waals surface area contributed by atoms with Crippen LogP contribution in [0.25, 0.3) is 0 Å². The zero-order chi connectivity index (χ0) is 13.1. The molecule has 0 bridgehead atoms. The summed E-state index contributed by atoms with van der Waals surface area (Å²) in [7, 11) is 0. The third kappa shape index (κ3) is 15.0. The standard InChI is InChI=1S/2C5H11NS2.CH4.Zn/c2*1-3-6(4-2)5(7)8;;/h2*3-4H2,1-2H3,(H,7,8);1H4;/p-1. The first-order valence-corrected chi connectivity index (χ1v) is 7.05. The van der Waals surface area contributed by atoms with Gasteiger partial charge in [-0.3, -0.25) is 0 Å². The van der Waals surface area contributed by atoms with Crippen LogP contribution in [-0.4, -0.2) is 44.6 Å². The Hall–Kier alpha value is 0.973. The molecule has 0 saturated heterocycles. The first kappa shape index (κ1) is 27.3. The van der Waals surface area contributed by atoms with Crippen LogP contribution in [0.4, 0.5) is 0 Å². The van der Waals surface area contributed by atoms with Crippen molar-refractivity contribution in [2.24, 2.45) is 0 Å². The fourth-order valence-electron chi connectivity index (χ4n) is 0.976. The Morgan fingerprint density at radius 3 is 1.22 bits per heavy atom. The van der Waals surface area contributed by atoms with Gasteiger partial charge in [0.25, 0.3) is 0 Å². The second-order valence-electron chi connectivity index (χ2n) is 2.89. The van der Waals surface area contributed by atoms with E-state index in [1.165, 1.54) is 0 Å². The van der Waals surface area contributed by atoms with Crippen molar-refractivity contribution in [3.05, 3.63) is 0 Å². The molecule has 2 nitrogen and oxygen atoms in total. The Morgan fingerprint density at radius 1 is 0.944 bits per heavy atom. The van der Waals surface area contributed by atoms with Gasteiger partial charge in [-0.05, 0) is 27.7 Å². The van der Waals surface area contributed by atoms with Gasteiger partial charge in [0, 0.05) is 45.7 Å². The van der Waals surface area contributed by atoms with Crippen LogP contribution >= 0.6 is 37.1 Å². The van der Waals surface area contributed by atoms with Gasteiger partial charge < -0.3 is 34.6 Å². The van der Waals surface area contributed by atoms with Crippen LogP contribution in [0.1, 0.15) is 35.1 Å². The number of nitrogens with zero attached hydrogens (tertiary/aromatic N) is 2. The van der Waals surface area contributed by atoms with Gasteiger partial charge in [0.15, 0.2) is 0 Å². The van der Waals surface area contributed by atoms with Crippen molar-refractivity contribution in [2.75, 3.05) is 26.2 Å². The van der Waals surface area contributed by atoms with Crippen molar-refractivity contribution in [3.63, 3.8) is 0 Å². The molecule has 0 saturated carbocycles. The maximum absolute atomic E-state index is 4.81. The summed E-state index contributed by atoms with van der Waals surface area (Å²) < 4.78 is 1.27. The first-order chi connectivity index (χ1) is 7.44. The summed E-state index contributed by atoms with van der Waals surface area (Å²) in [6.45, 7) is 12.0. The molecule has 0 fully saturated rings. The number of hydrogen-bond donors (Lipinski definition) is 1. The molecule has 0 radical (unpaired) electrons. The summed E-state index contributed by atoms with van der Waals surface area (Å²) in [5, 5.41) is 0. The van der Waals surface area contributed by atoms with Crippen LogP contribution < -0.4 is 0 Å². The van der Waals surface area contributed by atoms with E-state index in [-0.39, 0.29) is 26.9 Å². The molecule has 7 heteroatoms. The molecule has 0 aliphatic rings. The van der Waals surface area contributed by atoms with Crippen molar-refractivity contribution < 1.29 is 19.5 Å². The predicted molar refractivity (Wildman–Crippen MR) is 94.1 cm³/mol. The number of hydrogen-bond acceptors (Lipinski definition) is 3. The Labute approximate surface area is 148 Å². The predicted octanol–water partition coefficient (Wildman–Crippen LogP) is 3.34. The summed E-state index contributed by atoms with van der Waals surface area (Å²) in [5.41, 5.74) is 0. The monoisotopic (exact) mass is 377 g/mol. The van der Waals surface area contributed by atoms with Crippen molar-refractivity contribution in [1.82, 2.24) is 9.80 Å². The SMILES string of the molecule is C.CCN(CC)C(=S)S.CCN(CC)C(=S)[S-].[Zn]. The molecule has 0 aromatic heterocycles. The van der Waals surface area contributed by atoms with Gasteiger partial charge in [0.05, 0.1) is 0 Å². The van der Waals surface area contributed by atoms with E-state index in [4.69, 9.17) is 37.1 Å². The van der Waals surface area contributed by atoms with Crippen LogP contribution in [0.3, 0.4) is 0 Å². The summed E-state index contributed by atoms with van der Waals surface area (Å²) in [4.78, 5) is 3.98. The van der Waals surface area contributed by atoms with Crippen molar-refractivity contribution in [2.45, 2.75) is 35.1 Å². The number of thiol groups is 1. The van der Waals surface area contributed by atoms with Crippen LogP contribution in [0, 0.1) is 0 Å². The van der Waals surface area contributed by atoms with E-state index < -0.39 is 0 Å². The third-order valence-corrected chi connectivity index (χ3v) is 3.11. The molecule has 0 aromatic carbocycles. The second-order valence-corrected chi connectivity index (χ2v) is 5.04. The molecule has 0 unspecified atom stereocenters. The minimum Gasteiger partial charge on any atom is -0.411 e. The Balaban J connectivity index is -0.0000000980. The molecule has 0 atom stereocenters. The fraction of sp³-hybridized carbons (Fsp3) is 0.818. The largest absolute Gasteiger partial charge is 0.411 e. The minimum absolute atomic E-state index is 0. The quantitative estimate of drug-likeness (QED) is 0.346. The zero-order valence-corrected chi connectivity index (χ0v) is 17.4. The summed E-state index contributed by atoms with van der Waals surface area (Å²) in [6.07, 6.45) is 0. The van der Waals surface area contributed by atoms with Gasteiger partial charge in [-0.1, -0.05) is 24.0 Å². The van der Waals surface area contributed by atoms with E-state index in [0.29, 0.717) is 8.64 Å². The van der Waals surface area contributed by atoms with E-state index >= 15 is 0 Å². The Morgan fingerprint density at radius 2 is 1.22 bits per heavy atom. The Bertz CT molecular complexity index is 185. The maximum Gasteiger partial charge on any atom is 0.133 e. The molecule has 0 rings (SSSR count). The maximum atomic E-state index is 4.81. The van der Waals surface area contributed by atoms with Crippen molar-refractivity contribution >= 4 is 58.3 Å². The fourth-order valence-corrected chi connectivity index (χ4v) is 2.03. The normalized spacial score (nSPS) is 7.83. The smallest absolute Gasteiger partial charge is 0.133 e. The van der Waals surface area contributed by atoms with Gasteiger partial charge in [0.1, 0.15) is 4.32 Å². The molecular formula is C11H25N2S4Zn-. The van der Waals surface area contributed by atoms with Crippen LogP contribution in [0.2, 0.25) is 0 Å². The molecule has 0 N–H and O–H groups in total. The molecule has 0 aliphatic carbocycles. The third-order valence-electron chi connectivity index (χ3n) is 2.06. The van der Waals surface area contributed by atoms with Gasteiger partial charge in [-0.25, -0.2) is 0 Å². The van der Waals surface area contributed by atoms with E-state index in [1.807, 2.05) is 23.6 Å². The van der Waals surface area contributed by atoms with E-state index in [2.05, 4.69) is 26.5 Å². The van der Waals surface area contributed by atoms with E-state index in [9.17, 15) is 0 Å². The molecular weight excluding hydrogens is 354 g/mol. The van der Waals surface area contributed by atoms with E-state index in [0.717, 1.165) is 26.2 Å². The number of rotatable bonds is 4. The second kappa shape index (κ2) is 18.0. The molecule has 0 heterocycles. The molecule has 18 heavy (non-hydrogen) atoms. The number of thiocarbonyl (C=S) groups is 2. The van der Waals surface area contributed by atoms with Gasteiger partial charge in [-0.15, -0.1) is 12.6 Å². The van der Waals surface area contributed by atoms with Crippen molar-refractivity contribution in [1.29, 1.82) is 0 Å². The van der Waals surface area contributed by atoms with Crippen LogP contribution in [0.5, 0.6) is 0 Å². The summed E-state index contributed by atoms with van der Waals surface area (Å²) in [5.74, 6) is 0. The average Bonchev–Trinajstić information content (AvgIpc) is 2.21. The average molecular weight is 379 g/mol. The Kier molecular flexibility index (Phi) is 27.3. The molecule has 0 amide bonds.